The predicted molar refractivity (Wildman–Crippen MR) is 77.6 cm³/mol. The van der Waals surface area contributed by atoms with Gasteiger partial charge in [0.2, 0.25) is 5.91 Å². The van der Waals surface area contributed by atoms with Gasteiger partial charge in [-0.2, -0.15) is 0 Å². The molecular formula is C15H22N2O4. The van der Waals surface area contributed by atoms with Crippen molar-refractivity contribution in [2.75, 3.05) is 13.7 Å². The number of amides is 1. The summed E-state index contributed by atoms with van der Waals surface area (Å²) in [5.41, 5.74) is 1.05. The normalized spacial score (nSPS) is 26.4. The summed E-state index contributed by atoms with van der Waals surface area (Å²) in [7, 11) is 1.62. The van der Waals surface area contributed by atoms with Gasteiger partial charge in [-0.05, 0) is 24.1 Å². The first-order valence-electron chi connectivity index (χ1n) is 7.01. The van der Waals surface area contributed by atoms with E-state index in [0.29, 0.717) is 19.5 Å². The molecule has 3 atom stereocenters. The minimum absolute atomic E-state index is 0.229. The Hall–Kier alpha value is -1.63. The lowest BCUT2D eigenvalue weighted by molar-refractivity contribution is -0.129. The van der Waals surface area contributed by atoms with Crippen molar-refractivity contribution in [2.45, 2.75) is 38.3 Å². The van der Waals surface area contributed by atoms with E-state index in [2.05, 4.69) is 5.32 Å². The van der Waals surface area contributed by atoms with Crippen molar-refractivity contribution in [3.05, 3.63) is 29.8 Å². The highest BCUT2D eigenvalue weighted by Crippen LogP contribution is 2.20. The summed E-state index contributed by atoms with van der Waals surface area (Å²) < 4.78 is 5.12. The lowest BCUT2D eigenvalue weighted by Gasteiger charge is -2.41. The van der Waals surface area contributed by atoms with E-state index in [1.807, 2.05) is 29.2 Å². The molecule has 6 heteroatoms. The summed E-state index contributed by atoms with van der Waals surface area (Å²) >= 11 is 0. The molecule has 1 saturated heterocycles. The fourth-order valence-electron chi connectivity index (χ4n) is 2.56. The Morgan fingerprint density at radius 3 is 2.62 bits per heavy atom. The van der Waals surface area contributed by atoms with E-state index in [4.69, 9.17) is 4.74 Å². The van der Waals surface area contributed by atoms with Gasteiger partial charge in [-0.25, -0.2) is 0 Å². The number of hydrogen-bond acceptors (Lipinski definition) is 5. The first-order valence-corrected chi connectivity index (χ1v) is 7.01. The topological polar surface area (TPSA) is 82.0 Å². The molecule has 21 heavy (non-hydrogen) atoms. The van der Waals surface area contributed by atoms with Gasteiger partial charge in [0.05, 0.1) is 13.2 Å². The highest BCUT2D eigenvalue weighted by Gasteiger charge is 2.36. The molecule has 0 bridgehead atoms. The van der Waals surface area contributed by atoms with Crippen molar-refractivity contribution < 1.29 is 19.7 Å². The van der Waals surface area contributed by atoms with Crippen LogP contribution in [0.25, 0.3) is 0 Å². The third-order valence-corrected chi connectivity index (χ3v) is 3.72. The molecule has 6 nitrogen and oxygen atoms in total. The van der Waals surface area contributed by atoms with Gasteiger partial charge < -0.3 is 20.3 Å². The molecule has 0 radical (unpaired) electrons. The number of ether oxygens (including phenoxy) is 1. The van der Waals surface area contributed by atoms with Crippen LogP contribution in [0.4, 0.5) is 0 Å². The van der Waals surface area contributed by atoms with Gasteiger partial charge in [0, 0.05) is 20.0 Å². The Balaban J connectivity index is 2.09. The number of benzene rings is 1. The third-order valence-electron chi connectivity index (χ3n) is 3.72. The zero-order chi connectivity index (χ0) is 15.4. The average molecular weight is 294 g/mol. The highest BCUT2D eigenvalue weighted by atomic mass is 16.5. The quantitative estimate of drug-likeness (QED) is 0.733. The van der Waals surface area contributed by atoms with Crippen molar-refractivity contribution in [1.82, 2.24) is 10.2 Å². The van der Waals surface area contributed by atoms with Crippen molar-refractivity contribution in [3.8, 4) is 5.75 Å². The number of carbonyl (C=O) groups excluding carboxylic acids is 1. The standard InChI is InChI=1S/C15H22N2O4/c1-10(18)16-15-14(20)13(19)7-8-17(15)9-11-3-5-12(21-2)6-4-11/h3-6,13-15,19-20H,7-9H2,1-2H3,(H,16,18)/t13-,14+,15+/m1/s1. The van der Waals surface area contributed by atoms with E-state index in [-0.39, 0.29) is 5.91 Å². The van der Waals surface area contributed by atoms with Gasteiger partial charge in [-0.3, -0.25) is 9.69 Å². The molecule has 1 heterocycles. The van der Waals surface area contributed by atoms with Crippen LogP contribution in [0.1, 0.15) is 18.9 Å². The number of nitrogens with zero attached hydrogens (tertiary/aromatic N) is 1. The monoisotopic (exact) mass is 294 g/mol. The third kappa shape index (κ3) is 3.93. The van der Waals surface area contributed by atoms with Crippen LogP contribution in [-0.2, 0) is 11.3 Å². The van der Waals surface area contributed by atoms with Gasteiger partial charge in [-0.1, -0.05) is 12.1 Å². The Bertz CT molecular complexity index is 477. The van der Waals surface area contributed by atoms with E-state index in [0.717, 1.165) is 11.3 Å². The lowest BCUT2D eigenvalue weighted by atomic mass is 10.0. The number of aliphatic hydroxyl groups is 2. The van der Waals surface area contributed by atoms with Crippen molar-refractivity contribution in [1.29, 1.82) is 0 Å². The Morgan fingerprint density at radius 2 is 2.05 bits per heavy atom. The van der Waals surface area contributed by atoms with E-state index < -0.39 is 18.4 Å². The molecule has 116 valence electrons. The summed E-state index contributed by atoms with van der Waals surface area (Å²) in [5.74, 6) is 0.555. The second-order valence-corrected chi connectivity index (χ2v) is 5.31. The molecule has 0 aliphatic carbocycles. The lowest BCUT2D eigenvalue weighted by Crippen LogP contribution is -2.61. The van der Waals surface area contributed by atoms with E-state index >= 15 is 0 Å². The Morgan fingerprint density at radius 1 is 1.38 bits per heavy atom. The SMILES string of the molecule is COc1ccc(CN2CC[C@@H](O)[C@H](O)[C@H]2NC(C)=O)cc1. The van der Waals surface area contributed by atoms with Gasteiger partial charge in [0.25, 0.3) is 0 Å². The van der Waals surface area contributed by atoms with Crippen LogP contribution in [0.5, 0.6) is 5.75 Å². The number of carbonyl (C=O) groups is 1. The Labute approximate surface area is 124 Å². The van der Waals surface area contributed by atoms with Crippen LogP contribution in [0.2, 0.25) is 0 Å². The molecule has 3 N–H and O–H groups in total. The molecular weight excluding hydrogens is 272 g/mol. The van der Waals surface area contributed by atoms with E-state index in [1.165, 1.54) is 6.92 Å². The molecule has 1 aromatic carbocycles. The van der Waals surface area contributed by atoms with Gasteiger partial charge in [0.15, 0.2) is 0 Å². The first kappa shape index (κ1) is 15.8. The fraction of sp³-hybridized carbons (Fsp3) is 0.533. The number of piperidine rings is 1. The fourth-order valence-corrected chi connectivity index (χ4v) is 2.56. The van der Waals surface area contributed by atoms with Crippen LogP contribution in [-0.4, -0.2) is 53.0 Å². The molecule has 0 unspecified atom stereocenters. The number of rotatable bonds is 4. The van der Waals surface area contributed by atoms with Crippen molar-refractivity contribution in [3.63, 3.8) is 0 Å². The second-order valence-electron chi connectivity index (χ2n) is 5.31. The summed E-state index contributed by atoms with van der Waals surface area (Å²) in [4.78, 5) is 13.3. The van der Waals surface area contributed by atoms with Crippen LogP contribution in [0.15, 0.2) is 24.3 Å². The summed E-state index contributed by atoms with van der Waals surface area (Å²) in [6.07, 6.45) is -1.89. The van der Waals surface area contributed by atoms with Crippen LogP contribution >= 0.6 is 0 Å². The molecule has 0 saturated carbocycles. The highest BCUT2D eigenvalue weighted by molar-refractivity contribution is 5.73. The molecule has 2 rings (SSSR count). The average Bonchev–Trinajstić information content (AvgIpc) is 2.47. The zero-order valence-electron chi connectivity index (χ0n) is 12.3. The minimum atomic E-state index is -0.985. The first-order chi connectivity index (χ1) is 10.0. The maximum atomic E-state index is 11.3. The van der Waals surface area contributed by atoms with Gasteiger partial charge >= 0.3 is 0 Å². The zero-order valence-corrected chi connectivity index (χ0v) is 12.3. The molecule has 1 aliphatic rings. The van der Waals surface area contributed by atoms with Gasteiger partial charge in [-0.15, -0.1) is 0 Å². The summed E-state index contributed by atoms with van der Waals surface area (Å²) in [6.45, 7) is 2.59. The molecule has 0 spiro atoms. The van der Waals surface area contributed by atoms with Gasteiger partial charge in [0.1, 0.15) is 18.0 Å². The summed E-state index contributed by atoms with van der Waals surface area (Å²) in [5, 5.41) is 22.6. The van der Waals surface area contributed by atoms with Crippen molar-refractivity contribution >= 4 is 5.91 Å². The van der Waals surface area contributed by atoms with Crippen molar-refractivity contribution in [2.24, 2.45) is 0 Å². The molecule has 1 fully saturated rings. The molecule has 1 aliphatic heterocycles. The Kier molecular flexibility index (Phi) is 5.17. The number of likely N-dealkylation sites (tertiary alicyclic amines) is 1. The van der Waals surface area contributed by atoms with Crippen LogP contribution < -0.4 is 10.1 Å². The predicted octanol–water partition coefficient (Wildman–Crippen LogP) is 0.0849. The molecule has 1 amide bonds. The second kappa shape index (κ2) is 6.89. The largest absolute Gasteiger partial charge is 0.497 e. The molecule has 1 aromatic rings. The maximum absolute atomic E-state index is 11.3. The maximum Gasteiger partial charge on any atom is 0.218 e. The smallest absolute Gasteiger partial charge is 0.218 e. The molecule has 0 aromatic heterocycles. The van der Waals surface area contributed by atoms with Crippen LogP contribution in [0.3, 0.4) is 0 Å². The van der Waals surface area contributed by atoms with Crippen LogP contribution in [0, 0.1) is 0 Å². The summed E-state index contributed by atoms with van der Waals surface area (Å²) in [6, 6.07) is 7.64. The van der Waals surface area contributed by atoms with E-state index in [1.54, 1.807) is 7.11 Å². The number of aliphatic hydroxyl groups excluding tert-OH is 2. The number of hydrogen-bond donors (Lipinski definition) is 3. The number of methoxy groups -OCH3 is 1. The van der Waals surface area contributed by atoms with E-state index in [9.17, 15) is 15.0 Å². The number of nitrogens with one attached hydrogen (secondary N) is 1. The minimum Gasteiger partial charge on any atom is -0.497 e.